The Morgan fingerprint density at radius 2 is 1.48 bits per heavy atom. The van der Waals surface area contributed by atoms with Gasteiger partial charge in [0.1, 0.15) is 5.02 Å². The van der Waals surface area contributed by atoms with E-state index < -0.39 is 17.8 Å². The van der Waals surface area contributed by atoms with Crippen molar-refractivity contribution >= 4 is 46.7 Å². The topological polar surface area (TPSA) is 52.6 Å². The fourth-order valence-electron chi connectivity index (χ4n) is 1.86. The number of esters is 2. The van der Waals surface area contributed by atoms with Crippen molar-refractivity contribution in [3.8, 4) is 11.5 Å². The zero-order valence-corrected chi connectivity index (χ0v) is 15.0. The van der Waals surface area contributed by atoms with E-state index in [1.165, 1.54) is 18.2 Å². The quantitative estimate of drug-likeness (QED) is 0.472. The van der Waals surface area contributed by atoms with E-state index >= 15 is 0 Å². The highest BCUT2D eigenvalue weighted by Gasteiger charge is 2.15. The summed E-state index contributed by atoms with van der Waals surface area (Å²) in [6.45, 7) is 0. The lowest BCUT2D eigenvalue weighted by molar-refractivity contribution is -0.136. The molecule has 0 bridgehead atoms. The van der Waals surface area contributed by atoms with Crippen molar-refractivity contribution in [3.63, 3.8) is 0 Å². The van der Waals surface area contributed by atoms with Crippen LogP contribution in [0.25, 0.3) is 0 Å². The Morgan fingerprint density at radius 1 is 0.880 bits per heavy atom. The number of halogens is 4. The molecule has 2 aromatic carbocycles. The average Bonchev–Trinajstić information content (AvgIpc) is 2.55. The summed E-state index contributed by atoms with van der Waals surface area (Å²) < 4.78 is 23.5. The normalized spacial score (nSPS) is 10.4. The van der Waals surface area contributed by atoms with Crippen LogP contribution >= 0.6 is 34.8 Å². The molecule has 8 heteroatoms. The molecule has 0 spiro atoms. The van der Waals surface area contributed by atoms with Gasteiger partial charge >= 0.3 is 11.9 Å². The second kappa shape index (κ2) is 9.04. The molecule has 2 rings (SSSR count). The van der Waals surface area contributed by atoms with Gasteiger partial charge in [-0.2, -0.15) is 0 Å². The number of hydrogen-bond donors (Lipinski definition) is 0. The van der Waals surface area contributed by atoms with Crippen LogP contribution in [-0.2, 0) is 9.59 Å². The van der Waals surface area contributed by atoms with Gasteiger partial charge in [-0.3, -0.25) is 9.59 Å². The van der Waals surface area contributed by atoms with Crippen LogP contribution in [0.5, 0.6) is 11.5 Å². The molecule has 0 saturated carbocycles. The largest absolute Gasteiger partial charge is 0.425 e. The zero-order valence-electron chi connectivity index (χ0n) is 12.7. The molecular weight excluding hydrogens is 394 g/mol. The number of rotatable bonds is 6. The third-order valence-corrected chi connectivity index (χ3v) is 4.14. The van der Waals surface area contributed by atoms with E-state index in [-0.39, 0.29) is 45.8 Å². The summed E-state index contributed by atoms with van der Waals surface area (Å²) >= 11 is 17.5. The highest BCUT2D eigenvalue weighted by atomic mass is 35.5. The Hall–Kier alpha value is -1.82. The van der Waals surface area contributed by atoms with Crippen LogP contribution in [0.4, 0.5) is 4.39 Å². The molecule has 0 radical (unpaired) electrons. The number of carbonyl (C=O) groups excluding carboxylic acids is 2. The SMILES string of the molecule is O=C(CCCC(=O)Oc1c(F)cccc1Cl)Oc1cccc(Cl)c1Cl. The Morgan fingerprint density at radius 3 is 2.16 bits per heavy atom. The van der Waals surface area contributed by atoms with E-state index in [2.05, 4.69) is 0 Å². The number of hydrogen-bond acceptors (Lipinski definition) is 4. The molecule has 0 unspecified atom stereocenters. The van der Waals surface area contributed by atoms with Crippen LogP contribution in [0.15, 0.2) is 36.4 Å². The second-order valence-corrected chi connectivity index (χ2v) is 6.10. The lowest BCUT2D eigenvalue weighted by atomic mass is 10.2. The third-order valence-electron chi connectivity index (χ3n) is 3.04. The van der Waals surface area contributed by atoms with Crippen molar-refractivity contribution in [2.75, 3.05) is 0 Å². The van der Waals surface area contributed by atoms with Gasteiger partial charge in [-0.25, -0.2) is 4.39 Å². The maximum absolute atomic E-state index is 13.5. The van der Waals surface area contributed by atoms with Crippen molar-refractivity contribution in [1.82, 2.24) is 0 Å². The Bertz CT molecular complexity index is 775. The summed E-state index contributed by atoms with van der Waals surface area (Å²) in [4.78, 5) is 23.5. The molecule has 25 heavy (non-hydrogen) atoms. The molecule has 4 nitrogen and oxygen atoms in total. The van der Waals surface area contributed by atoms with Gasteiger partial charge in [0, 0.05) is 12.8 Å². The van der Waals surface area contributed by atoms with Crippen molar-refractivity contribution in [3.05, 3.63) is 57.3 Å². The average molecular weight is 406 g/mol. The first-order valence-corrected chi connectivity index (χ1v) is 8.31. The Labute approximate surface area is 158 Å². The predicted octanol–water partition coefficient (Wildman–Crippen LogP) is 5.47. The summed E-state index contributed by atoms with van der Waals surface area (Å²) in [5.41, 5.74) is 0. The number of ether oxygens (including phenoxy) is 2. The summed E-state index contributed by atoms with van der Waals surface area (Å²) in [5, 5.41) is 0.381. The van der Waals surface area contributed by atoms with Crippen molar-refractivity contribution in [2.24, 2.45) is 0 Å². The van der Waals surface area contributed by atoms with E-state index in [0.29, 0.717) is 0 Å². The second-order valence-electron chi connectivity index (χ2n) is 4.90. The molecule has 0 aliphatic rings. The lowest BCUT2D eigenvalue weighted by Gasteiger charge is -2.08. The van der Waals surface area contributed by atoms with Gasteiger partial charge in [0.05, 0.1) is 10.0 Å². The summed E-state index contributed by atoms with van der Waals surface area (Å²) in [6, 6.07) is 8.57. The van der Waals surface area contributed by atoms with Crippen LogP contribution in [-0.4, -0.2) is 11.9 Å². The highest BCUT2D eigenvalue weighted by molar-refractivity contribution is 6.43. The number of benzene rings is 2. The number of para-hydroxylation sites is 1. The standard InChI is InChI=1S/C17H12Cl3FO4/c18-10-4-2-7-13(16(10)20)24-14(22)8-3-9-15(23)25-17-11(19)5-1-6-12(17)21/h1-2,4-7H,3,8-9H2. The van der Waals surface area contributed by atoms with Crippen LogP contribution in [0.1, 0.15) is 19.3 Å². The third kappa shape index (κ3) is 5.59. The first kappa shape index (κ1) is 19.5. The first-order valence-electron chi connectivity index (χ1n) is 7.18. The predicted molar refractivity (Wildman–Crippen MR) is 93.0 cm³/mol. The minimum atomic E-state index is -0.740. The maximum atomic E-state index is 13.5. The van der Waals surface area contributed by atoms with E-state index in [1.807, 2.05) is 0 Å². The zero-order chi connectivity index (χ0) is 18.4. The number of carbonyl (C=O) groups is 2. The van der Waals surface area contributed by atoms with Crippen LogP contribution in [0, 0.1) is 5.82 Å². The van der Waals surface area contributed by atoms with Crippen molar-refractivity contribution in [2.45, 2.75) is 19.3 Å². The molecule has 0 amide bonds. The van der Waals surface area contributed by atoms with Gasteiger partial charge in [-0.15, -0.1) is 0 Å². The molecule has 0 fully saturated rings. The molecule has 0 atom stereocenters. The smallest absolute Gasteiger partial charge is 0.311 e. The van der Waals surface area contributed by atoms with Gasteiger partial charge < -0.3 is 9.47 Å². The van der Waals surface area contributed by atoms with Crippen LogP contribution in [0.3, 0.4) is 0 Å². The fourth-order valence-corrected chi connectivity index (χ4v) is 2.39. The molecule has 0 aromatic heterocycles. The molecule has 0 saturated heterocycles. The minimum absolute atomic E-state index is 0.0108. The molecule has 2 aromatic rings. The van der Waals surface area contributed by atoms with Crippen LogP contribution < -0.4 is 9.47 Å². The summed E-state index contributed by atoms with van der Waals surface area (Å²) in [5.74, 6) is -2.22. The molecule has 0 aliphatic heterocycles. The monoisotopic (exact) mass is 404 g/mol. The summed E-state index contributed by atoms with van der Waals surface area (Å²) in [6.07, 6.45) is -0.00604. The molecule has 0 heterocycles. The Kier molecular flexibility index (Phi) is 7.05. The Balaban J connectivity index is 1.81. The van der Waals surface area contributed by atoms with Gasteiger partial charge in [0.25, 0.3) is 0 Å². The van der Waals surface area contributed by atoms with E-state index in [1.54, 1.807) is 12.1 Å². The van der Waals surface area contributed by atoms with E-state index in [4.69, 9.17) is 44.3 Å². The maximum Gasteiger partial charge on any atom is 0.311 e. The van der Waals surface area contributed by atoms with Gasteiger partial charge in [-0.1, -0.05) is 46.9 Å². The highest BCUT2D eigenvalue weighted by Crippen LogP contribution is 2.32. The molecule has 0 N–H and O–H groups in total. The lowest BCUT2D eigenvalue weighted by Crippen LogP contribution is -2.12. The van der Waals surface area contributed by atoms with Gasteiger partial charge in [-0.05, 0) is 30.7 Å². The van der Waals surface area contributed by atoms with Gasteiger partial charge in [0.2, 0.25) is 0 Å². The first-order chi connectivity index (χ1) is 11.9. The molecule has 0 aliphatic carbocycles. The van der Waals surface area contributed by atoms with E-state index in [0.717, 1.165) is 6.07 Å². The van der Waals surface area contributed by atoms with E-state index in [9.17, 15) is 14.0 Å². The van der Waals surface area contributed by atoms with Crippen LogP contribution in [0.2, 0.25) is 15.1 Å². The summed E-state index contributed by atoms with van der Waals surface area (Å²) in [7, 11) is 0. The molecule has 132 valence electrons. The van der Waals surface area contributed by atoms with Crippen molar-refractivity contribution in [1.29, 1.82) is 0 Å². The van der Waals surface area contributed by atoms with Crippen molar-refractivity contribution < 1.29 is 23.5 Å². The minimum Gasteiger partial charge on any atom is -0.425 e. The fraction of sp³-hybridized carbons (Fsp3) is 0.176. The molecular formula is C17H12Cl3FO4. The van der Waals surface area contributed by atoms with Gasteiger partial charge in [0.15, 0.2) is 17.3 Å².